The van der Waals surface area contributed by atoms with Crippen LogP contribution in [0.2, 0.25) is 0 Å². The Morgan fingerprint density at radius 1 is 0.643 bits per heavy atom. The zero-order valence-corrected chi connectivity index (χ0v) is 16.6. The lowest BCUT2D eigenvalue weighted by Gasteiger charge is -2.37. The van der Waals surface area contributed by atoms with Gasteiger partial charge < -0.3 is 4.67 Å². The van der Waals surface area contributed by atoms with Crippen molar-refractivity contribution in [2.45, 2.75) is 12.8 Å². The molecule has 0 atom stereocenters. The Labute approximate surface area is 168 Å². The summed E-state index contributed by atoms with van der Waals surface area (Å²) in [6, 6.07) is 30.7. The van der Waals surface area contributed by atoms with Gasteiger partial charge in [-0.2, -0.15) is 0 Å². The third kappa shape index (κ3) is 3.13. The van der Waals surface area contributed by atoms with Crippen molar-refractivity contribution in [1.82, 2.24) is 0 Å². The van der Waals surface area contributed by atoms with Crippen LogP contribution in [0.3, 0.4) is 0 Å². The molecule has 136 valence electrons. The number of nitrogens with zero attached hydrogens (tertiary/aromatic N) is 1. The number of hydrogen-bond acceptors (Lipinski definition) is 1. The van der Waals surface area contributed by atoms with Gasteiger partial charge >= 0.3 is 0 Å². The Bertz CT molecular complexity index is 1020. The summed E-state index contributed by atoms with van der Waals surface area (Å²) in [5, 5.41) is 2.75. The number of fused-ring (bicyclic) bond motifs is 1. The van der Waals surface area contributed by atoms with Crippen molar-refractivity contribution in [2.75, 3.05) is 4.67 Å². The minimum atomic E-state index is -0.715. The number of anilines is 1. The van der Waals surface area contributed by atoms with E-state index in [1.54, 1.807) is 0 Å². The van der Waals surface area contributed by atoms with Crippen LogP contribution < -0.4 is 15.3 Å². The molecule has 0 fully saturated rings. The summed E-state index contributed by atoms with van der Waals surface area (Å²) >= 11 is 0. The van der Waals surface area contributed by atoms with Gasteiger partial charge in [-0.05, 0) is 30.0 Å². The Hall–Kier alpha value is -2.89. The first-order valence-corrected chi connectivity index (χ1v) is 11.1. The van der Waals surface area contributed by atoms with Crippen molar-refractivity contribution in [2.24, 2.45) is 0 Å². The monoisotopic (exact) mass is 379 g/mol. The Balaban J connectivity index is 1.78. The van der Waals surface area contributed by atoms with E-state index in [0.717, 1.165) is 12.8 Å². The van der Waals surface area contributed by atoms with E-state index in [4.69, 9.17) is 0 Å². The van der Waals surface area contributed by atoms with Crippen LogP contribution in [-0.2, 0) is 0 Å². The fraction of sp³-hybridized carbons (Fsp3) is 0.0769. The van der Waals surface area contributed by atoms with E-state index < -0.39 is 8.07 Å². The highest BCUT2D eigenvalue weighted by Crippen LogP contribution is 2.50. The highest BCUT2D eigenvalue weighted by molar-refractivity contribution is 7.74. The molecule has 0 unspecified atom stereocenters. The van der Waals surface area contributed by atoms with Crippen LogP contribution in [0.5, 0.6) is 0 Å². The summed E-state index contributed by atoms with van der Waals surface area (Å²) in [6.07, 6.45) is 11.3. The second-order valence-electron chi connectivity index (χ2n) is 7.03. The number of benzene rings is 3. The van der Waals surface area contributed by atoms with Gasteiger partial charge in [0.15, 0.2) is 0 Å². The van der Waals surface area contributed by atoms with E-state index in [0.29, 0.717) is 0 Å². The molecular formula is C26H22NP. The molecule has 1 nitrogen and oxygen atoms in total. The Kier molecular flexibility index (Phi) is 4.69. The fourth-order valence-electron chi connectivity index (χ4n) is 3.94. The fourth-order valence-corrected chi connectivity index (χ4v) is 6.47. The van der Waals surface area contributed by atoms with Gasteiger partial charge in [-0.1, -0.05) is 103 Å². The highest BCUT2D eigenvalue weighted by Gasteiger charge is 2.30. The van der Waals surface area contributed by atoms with E-state index in [1.807, 2.05) is 0 Å². The maximum absolute atomic E-state index is 2.63. The lowest BCUT2D eigenvalue weighted by Crippen LogP contribution is -2.29. The topological polar surface area (TPSA) is 3.24 Å². The second-order valence-corrected chi connectivity index (χ2v) is 9.09. The zero-order chi connectivity index (χ0) is 18.8. The summed E-state index contributed by atoms with van der Waals surface area (Å²) < 4.78 is 2.63. The van der Waals surface area contributed by atoms with Crippen molar-refractivity contribution in [3.8, 4) is 0 Å². The predicted octanol–water partition coefficient (Wildman–Crippen LogP) is 6.17. The molecule has 1 aliphatic carbocycles. The molecule has 1 aliphatic heterocycles. The molecule has 0 saturated heterocycles. The molecule has 28 heavy (non-hydrogen) atoms. The molecule has 1 heterocycles. The maximum Gasteiger partial charge on any atom is 0.0595 e. The van der Waals surface area contributed by atoms with Gasteiger partial charge in [0, 0.05) is 16.3 Å². The summed E-state index contributed by atoms with van der Waals surface area (Å²) in [4.78, 5) is 0. The number of allylic oxidation sites excluding steroid dienone is 5. The maximum atomic E-state index is 2.63. The molecule has 0 spiro atoms. The first kappa shape index (κ1) is 17.2. The molecule has 0 saturated carbocycles. The summed E-state index contributed by atoms with van der Waals surface area (Å²) in [5.41, 5.74) is 5.35. The molecule has 3 aromatic carbocycles. The predicted molar refractivity (Wildman–Crippen MR) is 122 cm³/mol. The smallest absolute Gasteiger partial charge is 0.0595 e. The molecule has 2 aliphatic rings. The van der Waals surface area contributed by atoms with Crippen LogP contribution in [0.15, 0.2) is 114 Å². The summed E-state index contributed by atoms with van der Waals surface area (Å²) in [5.74, 6) is 0. The van der Waals surface area contributed by atoms with Crippen LogP contribution in [-0.4, -0.2) is 0 Å². The van der Waals surface area contributed by atoms with E-state index in [1.165, 1.54) is 33.1 Å². The lowest BCUT2D eigenvalue weighted by atomic mass is 10.0. The van der Waals surface area contributed by atoms with Gasteiger partial charge in [-0.3, -0.25) is 0 Å². The Morgan fingerprint density at radius 2 is 1.29 bits per heavy atom. The van der Waals surface area contributed by atoms with Gasteiger partial charge in [0.25, 0.3) is 0 Å². The quantitative estimate of drug-likeness (QED) is 0.492. The average molecular weight is 379 g/mol. The van der Waals surface area contributed by atoms with Crippen LogP contribution in [0.4, 0.5) is 5.69 Å². The molecular weight excluding hydrogens is 357 g/mol. The second kappa shape index (κ2) is 7.62. The first-order valence-electron chi connectivity index (χ1n) is 9.79. The number of rotatable bonds is 3. The van der Waals surface area contributed by atoms with Gasteiger partial charge in [-0.25, -0.2) is 0 Å². The van der Waals surface area contributed by atoms with Crippen molar-refractivity contribution in [3.63, 3.8) is 0 Å². The van der Waals surface area contributed by atoms with Crippen LogP contribution in [0.1, 0.15) is 18.4 Å². The van der Waals surface area contributed by atoms with E-state index in [2.05, 4.69) is 114 Å². The van der Waals surface area contributed by atoms with Gasteiger partial charge in [-0.15, -0.1) is 0 Å². The molecule has 0 N–H and O–H groups in total. The molecule has 5 rings (SSSR count). The molecule has 3 aromatic rings. The largest absolute Gasteiger partial charge is 0.314 e. The standard InChI is InChI=1S/C26H22NP/c1-3-13-23(14-4-1)28(24-15-5-2-6-16-24)27-25-17-9-7-11-21(25)19-20-22-12-8-10-18-26(22)27/h1-9,11-17,19-20H,10,18H2. The highest BCUT2D eigenvalue weighted by atomic mass is 31.1. The van der Waals surface area contributed by atoms with Crippen molar-refractivity contribution in [3.05, 3.63) is 120 Å². The zero-order valence-electron chi connectivity index (χ0n) is 15.7. The van der Waals surface area contributed by atoms with Crippen molar-refractivity contribution in [1.29, 1.82) is 0 Å². The van der Waals surface area contributed by atoms with Gasteiger partial charge in [0.05, 0.1) is 13.8 Å². The van der Waals surface area contributed by atoms with E-state index in [9.17, 15) is 0 Å². The Morgan fingerprint density at radius 3 is 2.00 bits per heavy atom. The average Bonchev–Trinajstić information content (AvgIpc) is 2.93. The third-order valence-electron chi connectivity index (χ3n) is 5.24. The molecule has 0 bridgehead atoms. The molecule has 2 heteroatoms. The van der Waals surface area contributed by atoms with E-state index >= 15 is 0 Å². The summed E-state index contributed by atoms with van der Waals surface area (Å²) in [6.45, 7) is 0. The SMILES string of the molecule is C1=CC2=C(CC1)N(P(c1ccccc1)c1ccccc1)c1ccccc1C=C2. The van der Waals surface area contributed by atoms with Gasteiger partial charge in [0.2, 0.25) is 0 Å². The number of hydrogen-bond donors (Lipinski definition) is 0. The van der Waals surface area contributed by atoms with Crippen LogP contribution in [0, 0.1) is 0 Å². The molecule has 0 aromatic heterocycles. The van der Waals surface area contributed by atoms with Gasteiger partial charge in [0.1, 0.15) is 0 Å². The summed E-state index contributed by atoms with van der Waals surface area (Å²) in [7, 11) is -0.715. The first-order chi connectivity index (χ1) is 13.9. The van der Waals surface area contributed by atoms with Crippen molar-refractivity contribution >= 4 is 30.4 Å². The minimum absolute atomic E-state index is 0.715. The van der Waals surface area contributed by atoms with Crippen LogP contribution in [0.25, 0.3) is 6.08 Å². The van der Waals surface area contributed by atoms with E-state index in [-0.39, 0.29) is 0 Å². The lowest BCUT2D eigenvalue weighted by molar-refractivity contribution is 0.929. The minimum Gasteiger partial charge on any atom is -0.314 e. The molecule has 0 amide bonds. The van der Waals surface area contributed by atoms with Crippen molar-refractivity contribution < 1.29 is 0 Å². The normalized spacial score (nSPS) is 15.4. The van der Waals surface area contributed by atoms with Crippen LogP contribution >= 0.6 is 8.07 Å². The third-order valence-corrected chi connectivity index (χ3v) is 7.67. The number of para-hydroxylation sites is 1. The molecule has 0 radical (unpaired) electrons.